The van der Waals surface area contributed by atoms with Gasteiger partial charge in [-0.2, -0.15) is 0 Å². The standard InChI is InChI=1S/C16H19NO/c18-16(17-12-8-4-3-5-9-12)15-13-10-6-1-2-7-11-14(13)15/h3-6,8-10,13-15H,1-2,7,11H2,(H,17,18)/b10-6-/t13-,14+,15+/m0/s1. The molecule has 0 spiro atoms. The summed E-state index contributed by atoms with van der Waals surface area (Å²) in [6.07, 6.45) is 9.44. The van der Waals surface area contributed by atoms with Gasteiger partial charge in [-0.05, 0) is 43.2 Å². The van der Waals surface area contributed by atoms with Gasteiger partial charge in [-0.3, -0.25) is 4.79 Å². The van der Waals surface area contributed by atoms with E-state index in [9.17, 15) is 4.79 Å². The number of amides is 1. The van der Waals surface area contributed by atoms with Crippen molar-refractivity contribution in [2.75, 3.05) is 5.32 Å². The van der Waals surface area contributed by atoms with E-state index in [2.05, 4.69) is 17.5 Å². The minimum Gasteiger partial charge on any atom is -0.326 e. The molecule has 0 aromatic heterocycles. The number of allylic oxidation sites excluding steroid dienone is 2. The molecule has 2 aliphatic rings. The zero-order valence-electron chi connectivity index (χ0n) is 10.5. The number of nitrogens with one attached hydrogen (secondary N) is 1. The maximum absolute atomic E-state index is 12.2. The lowest BCUT2D eigenvalue weighted by molar-refractivity contribution is -0.117. The van der Waals surface area contributed by atoms with Crippen LogP contribution in [0.25, 0.3) is 0 Å². The van der Waals surface area contributed by atoms with Gasteiger partial charge in [0.05, 0.1) is 0 Å². The van der Waals surface area contributed by atoms with Gasteiger partial charge in [0.15, 0.2) is 0 Å². The van der Waals surface area contributed by atoms with Gasteiger partial charge >= 0.3 is 0 Å². The number of benzene rings is 1. The third-order valence-corrected chi connectivity index (χ3v) is 4.09. The number of hydrogen-bond donors (Lipinski definition) is 1. The second-order valence-corrected chi connectivity index (χ2v) is 5.33. The second kappa shape index (κ2) is 4.97. The van der Waals surface area contributed by atoms with E-state index in [-0.39, 0.29) is 11.8 Å². The summed E-state index contributed by atoms with van der Waals surface area (Å²) in [4.78, 5) is 12.2. The van der Waals surface area contributed by atoms with Gasteiger partial charge in [-0.25, -0.2) is 0 Å². The minimum atomic E-state index is 0.197. The summed E-state index contributed by atoms with van der Waals surface area (Å²) < 4.78 is 0. The first-order chi connectivity index (χ1) is 8.86. The van der Waals surface area contributed by atoms with E-state index >= 15 is 0 Å². The highest BCUT2D eigenvalue weighted by molar-refractivity contribution is 5.95. The van der Waals surface area contributed by atoms with Crippen LogP contribution in [0.4, 0.5) is 5.69 Å². The van der Waals surface area contributed by atoms with E-state index < -0.39 is 0 Å². The van der Waals surface area contributed by atoms with Crippen LogP contribution < -0.4 is 5.32 Å². The van der Waals surface area contributed by atoms with Crippen LogP contribution in [0.1, 0.15) is 25.7 Å². The predicted molar refractivity (Wildman–Crippen MR) is 73.1 cm³/mol. The topological polar surface area (TPSA) is 29.1 Å². The Hall–Kier alpha value is -1.57. The van der Waals surface area contributed by atoms with Gasteiger partial charge in [-0.1, -0.05) is 36.8 Å². The number of fused-ring (bicyclic) bond motifs is 1. The highest BCUT2D eigenvalue weighted by atomic mass is 16.2. The van der Waals surface area contributed by atoms with Crippen molar-refractivity contribution in [3.63, 3.8) is 0 Å². The Balaban J connectivity index is 1.64. The molecular formula is C16H19NO. The third-order valence-electron chi connectivity index (χ3n) is 4.09. The largest absolute Gasteiger partial charge is 0.326 e. The van der Waals surface area contributed by atoms with Crippen LogP contribution in [-0.2, 0) is 4.79 Å². The number of carbonyl (C=O) groups excluding carboxylic acids is 1. The molecule has 0 aliphatic heterocycles. The van der Waals surface area contributed by atoms with E-state index in [0.717, 1.165) is 5.69 Å². The van der Waals surface area contributed by atoms with Crippen LogP contribution in [0.5, 0.6) is 0 Å². The lowest BCUT2D eigenvalue weighted by Gasteiger charge is -2.04. The molecule has 0 unspecified atom stereocenters. The van der Waals surface area contributed by atoms with Crippen LogP contribution >= 0.6 is 0 Å². The molecule has 2 aliphatic carbocycles. The molecule has 0 radical (unpaired) electrons. The summed E-state index contributed by atoms with van der Waals surface area (Å²) in [5.74, 6) is 1.49. The molecule has 1 amide bonds. The molecule has 94 valence electrons. The van der Waals surface area contributed by atoms with Crippen molar-refractivity contribution in [1.29, 1.82) is 0 Å². The van der Waals surface area contributed by atoms with Gasteiger partial charge in [0, 0.05) is 11.6 Å². The molecule has 1 fully saturated rings. The fourth-order valence-corrected chi connectivity index (χ4v) is 3.05. The van der Waals surface area contributed by atoms with Gasteiger partial charge < -0.3 is 5.32 Å². The summed E-state index contributed by atoms with van der Waals surface area (Å²) in [6.45, 7) is 0. The molecule has 1 aromatic rings. The second-order valence-electron chi connectivity index (χ2n) is 5.33. The summed E-state index contributed by atoms with van der Waals surface area (Å²) in [6, 6.07) is 9.75. The van der Waals surface area contributed by atoms with Gasteiger partial charge in [-0.15, -0.1) is 0 Å². The Morgan fingerprint density at radius 3 is 2.83 bits per heavy atom. The summed E-state index contributed by atoms with van der Waals surface area (Å²) in [5.41, 5.74) is 0.908. The zero-order valence-corrected chi connectivity index (χ0v) is 10.5. The molecule has 0 saturated heterocycles. The fraction of sp³-hybridized carbons (Fsp3) is 0.438. The first-order valence-electron chi connectivity index (χ1n) is 6.89. The van der Waals surface area contributed by atoms with Crippen molar-refractivity contribution in [2.24, 2.45) is 17.8 Å². The Bertz CT molecular complexity index is 451. The van der Waals surface area contributed by atoms with Gasteiger partial charge in [0.25, 0.3) is 0 Å². The van der Waals surface area contributed by atoms with Gasteiger partial charge in [0.2, 0.25) is 5.91 Å². The average molecular weight is 241 g/mol. The maximum atomic E-state index is 12.2. The van der Waals surface area contributed by atoms with E-state index in [1.54, 1.807) is 0 Å². The fourth-order valence-electron chi connectivity index (χ4n) is 3.05. The van der Waals surface area contributed by atoms with Gasteiger partial charge in [0.1, 0.15) is 0 Å². The van der Waals surface area contributed by atoms with Crippen LogP contribution in [0.3, 0.4) is 0 Å². The highest BCUT2D eigenvalue weighted by Crippen LogP contribution is 2.51. The lowest BCUT2D eigenvalue weighted by Crippen LogP contribution is -2.15. The molecule has 1 N–H and O–H groups in total. The Morgan fingerprint density at radius 1 is 1.17 bits per heavy atom. The molecule has 1 aromatic carbocycles. The van der Waals surface area contributed by atoms with Crippen molar-refractivity contribution in [3.05, 3.63) is 42.5 Å². The third kappa shape index (κ3) is 2.33. The van der Waals surface area contributed by atoms with Crippen LogP contribution in [-0.4, -0.2) is 5.91 Å². The molecular weight excluding hydrogens is 222 g/mol. The van der Waals surface area contributed by atoms with Crippen molar-refractivity contribution in [3.8, 4) is 0 Å². The molecule has 0 bridgehead atoms. The number of carbonyl (C=O) groups is 1. The highest BCUT2D eigenvalue weighted by Gasteiger charge is 2.52. The summed E-state index contributed by atoms with van der Waals surface area (Å²) in [7, 11) is 0. The molecule has 3 rings (SSSR count). The number of rotatable bonds is 2. The monoisotopic (exact) mass is 241 g/mol. The van der Waals surface area contributed by atoms with Crippen molar-refractivity contribution < 1.29 is 4.79 Å². The van der Waals surface area contributed by atoms with Crippen molar-refractivity contribution in [1.82, 2.24) is 0 Å². The van der Waals surface area contributed by atoms with Crippen LogP contribution in [0, 0.1) is 17.8 Å². The normalized spacial score (nSPS) is 31.7. The van der Waals surface area contributed by atoms with E-state index in [0.29, 0.717) is 11.8 Å². The molecule has 0 heterocycles. The Labute approximate surface area is 108 Å². The summed E-state index contributed by atoms with van der Waals surface area (Å²) in [5, 5.41) is 3.03. The minimum absolute atomic E-state index is 0.197. The molecule has 1 saturated carbocycles. The van der Waals surface area contributed by atoms with Crippen LogP contribution in [0.15, 0.2) is 42.5 Å². The molecule has 2 nitrogen and oxygen atoms in total. The number of anilines is 1. The predicted octanol–water partition coefficient (Wildman–Crippen LogP) is 3.62. The lowest BCUT2D eigenvalue weighted by atomic mass is 10.1. The zero-order chi connectivity index (χ0) is 12.4. The maximum Gasteiger partial charge on any atom is 0.228 e. The summed E-state index contributed by atoms with van der Waals surface area (Å²) >= 11 is 0. The first-order valence-corrected chi connectivity index (χ1v) is 6.89. The number of hydrogen-bond acceptors (Lipinski definition) is 1. The Kier molecular flexibility index (Phi) is 3.18. The quantitative estimate of drug-likeness (QED) is 0.787. The molecule has 3 atom stereocenters. The van der Waals surface area contributed by atoms with Crippen molar-refractivity contribution >= 4 is 11.6 Å². The van der Waals surface area contributed by atoms with E-state index in [1.807, 2.05) is 30.3 Å². The molecule has 2 heteroatoms. The SMILES string of the molecule is O=C(Nc1ccccc1)[C@@H]1[C@H]2/C=C\CCCC[C@H]21. The molecule has 18 heavy (non-hydrogen) atoms. The Morgan fingerprint density at radius 2 is 2.00 bits per heavy atom. The van der Waals surface area contributed by atoms with E-state index in [4.69, 9.17) is 0 Å². The smallest absolute Gasteiger partial charge is 0.228 e. The average Bonchev–Trinajstić information content (AvgIpc) is 3.02. The van der Waals surface area contributed by atoms with E-state index in [1.165, 1.54) is 25.7 Å². The number of para-hydroxylation sites is 1. The van der Waals surface area contributed by atoms with Crippen molar-refractivity contribution in [2.45, 2.75) is 25.7 Å². The van der Waals surface area contributed by atoms with Crippen LogP contribution in [0.2, 0.25) is 0 Å². The first kappa shape index (κ1) is 11.5.